The number of hydrogen-bond acceptors (Lipinski definition) is 3. The number of carbonyl (C=O) groups excluding carboxylic acids is 2. The standard InChI is InChI=1S/C17H22N2O3/c1-12-4-2-3-5-14(12)22-13-6-10-19(11-7-13)16(21)17(8-9-17)15(18)20/h2-5,13H,6-11H2,1H3,(H2,18,20). The Balaban J connectivity index is 1.56. The molecule has 2 N–H and O–H groups in total. The van der Waals surface area contributed by atoms with Gasteiger partial charge in [-0.15, -0.1) is 0 Å². The van der Waals surface area contributed by atoms with E-state index in [-0.39, 0.29) is 12.0 Å². The molecule has 2 aliphatic rings. The fraction of sp³-hybridized carbons (Fsp3) is 0.529. The molecule has 1 aliphatic heterocycles. The molecule has 5 nitrogen and oxygen atoms in total. The van der Waals surface area contributed by atoms with Crippen LogP contribution in [0.25, 0.3) is 0 Å². The highest BCUT2D eigenvalue weighted by molar-refractivity contribution is 6.07. The highest BCUT2D eigenvalue weighted by Gasteiger charge is 2.57. The highest BCUT2D eigenvalue weighted by Crippen LogP contribution is 2.47. The van der Waals surface area contributed by atoms with Gasteiger partial charge in [0.25, 0.3) is 0 Å². The fourth-order valence-electron chi connectivity index (χ4n) is 3.04. The third-order valence-electron chi connectivity index (χ3n) is 4.75. The zero-order valence-corrected chi connectivity index (χ0v) is 12.9. The molecule has 1 aromatic carbocycles. The number of amides is 2. The van der Waals surface area contributed by atoms with E-state index in [9.17, 15) is 9.59 Å². The van der Waals surface area contributed by atoms with Crippen LogP contribution in [0.5, 0.6) is 5.75 Å². The van der Waals surface area contributed by atoms with Gasteiger partial charge in [0.1, 0.15) is 17.3 Å². The summed E-state index contributed by atoms with van der Waals surface area (Å²) in [5.74, 6) is 0.341. The summed E-state index contributed by atoms with van der Waals surface area (Å²) < 4.78 is 6.03. The molecule has 2 amide bonds. The molecule has 0 spiro atoms. The molecule has 1 saturated carbocycles. The second-order valence-electron chi connectivity index (χ2n) is 6.32. The van der Waals surface area contributed by atoms with Crippen LogP contribution in [0, 0.1) is 12.3 Å². The number of primary amides is 1. The first-order valence-corrected chi connectivity index (χ1v) is 7.84. The molecular formula is C17H22N2O3. The first-order valence-electron chi connectivity index (χ1n) is 7.84. The number of piperidine rings is 1. The predicted octanol–water partition coefficient (Wildman–Crippen LogP) is 1.63. The third-order valence-corrected chi connectivity index (χ3v) is 4.75. The SMILES string of the molecule is Cc1ccccc1OC1CCN(C(=O)C2(C(N)=O)CC2)CC1. The number of benzene rings is 1. The summed E-state index contributed by atoms with van der Waals surface area (Å²) in [5.41, 5.74) is 5.59. The lowest BCUT2D eigenvalue weighted by Gasteiger charge is -2.34. The van der Waals surface area contributed by atoms with Crippen molar-refractivity contribution in [1.82, 2.24) is 4.90 Å². The topological polar surface area (TPSA) is 72.6 Å². The second-order valence-corrected chi connectivity index (χ2v) is 6.32. The van der Waals surface area contributed by atoms with Crippen molar-refractivity contribution < 1.29 is 14.3 Å². The Hall–Kier alpha value is -2.04. The average molecular weight is 302 g/mol. The van der Waals surface area contributed by atoms with Crippen molar-refractivity contribution in [2.75, 3.05) is 13.1 Å². The van der Waals surface area contributed by atoms with Crippen LogP contribution in [-0.4, -0.2) is 35.9 Å². The van der Waals surface area contributed by atoms with E-state index in [1.807, 2.05) is 31.2 Å². The average Bonchev–Trinajstić information content (AvgIpc) is 3.31. The number of rotatable bonds is 4. The van der Waals surface area contributed by atoms with Gasteiger partial charge in [-0.2, -0.15) is 0 Å². The summed E-state index contributed by atoms with van der Waals surface area (Å²) in [6.45, 7) is 3.28. The van der Waals surface area contributed by atoms with E-state index >= 15 is 0 Å². The summed E-state index contributed by atoms with van der Waals surface area (Å²) >= 11 is 0. The molecule has 0 unspecified atom stereocenters. The summed E-state index contributed by atoms with van der Waals surface area (Å²) in [7, 11) is 0. The Labute approximate surface area is 130 Å². The van der Waals surface area contributed by atoms with Crippen LogP contribution in [0.4, 0.5) is 0 Å². The maximum Gasteiger partial charge on any atom is 0.238 e. The molecule has 118 valence electrons. The molecule has 1 heterocycles. The zero-order chi connectivity index (χ0) is 15.7. The zero-order valence-electron chi connectivity index (χ0n) is 12.9. The molecule has 2 fully saturated rings. The first-order chi connectivity index (χ1) is 10.5. The van der Waals surface area contributed by atoms with Crippen molar-refractivity contribution in [2.24, 2.45) is 11.1 Å². The van der Waals surface area contributed by atoms with Crippen molar-refractivity contribution in [1.29, 1.82) is 0 Å². The normalized spacial score (nSPS) is 20.5. The lowest BCUT2D eigenvalue weighted by molar-refractivity contribution is -0.144. The molecule has 22 heavy (non-hydrogen) atoms. The number of aryl methyl sites for hydroxylation is 1. The molecule has 3 rings (SSSR count). The van der Waals surface area contributed by atoms with Crippen LogP contribution < -0.4 is 10.5 Å². The van der Waals surface area contributed by atoms with E-state index in [0.29, 0.717) is 25.9 Å². The lowest BCUT2D eigenvalue weighted by Crippen LogP contribution is -2.48. The molecule has 0 aromatic heterocycles. The van der Waals surface area contributed by atoms with E-state index in [2.05, 4.69) is 0 Å². The van der Waals surface area contributed by atoms with Crippen LogP contribution >= 0.6 is 0 Å². The van der Waals surface area contributed by atoms with Gasteiger partial charge in [0.2, 0.25) is 11.8 Å². The van der Waals surface area contributed by atoms with Gasteiger partial charge in [0.05, 0.1) is 0 Å². The molecule has 5 heteroatoms. The van der Waals surface area contributed by atoms with E-state index in [1.165, 1.54) is 0 Å². The van der Waals surface area contributed by atoms with Crippen LogP contribution in [0.2, 0.25) is 0 Å². The van der Waals surface area contributed by atoms with Gasteiger partial charge in [-0.25, -0.2) is 0 Å². The van der Waals surface area contributed by atoms with E-state index in [0.717, 1.165) is 24.2 Å². The maximum atomic E-state index is 12.4. The minimum Gasteiger partial charge on any atom is -0.490 e. The Bertz CT molecular complexity index is 587. The van der Waals surface area contributed by atoms with Gasteiger partial charge in [-0.3, -0.25) is 9.59 Å². The van der Waals surface area contributed by atoms with Gasteiger partial charge in [-0.05, 0) is 31.4 Å². The lowest BCUT2D eigenvalue weighted by atomic mass is 10.0. The quantitative estimate of drug-likeness (QED) is 0.859. The van der Waals surface area contributed by atoms with Gasteiger partial charge < -0.3 is 15.4 Å². The van der Waals surface area contributed by atoms with Gasteiger partial charge in [-0.1, -0.05) is 18.2 Å². The van der Waals surface area contributed by atoms with Crippen LogP contribution in [0.15, 0.2) is 24.3 Å². The Morgan fingerprint density at radius 3 is 2.41 bits per heavy atom. The minimum absolute atomic E-state index is 0.0886. The van der Waals surface area contributed by atoms with Crippen molar-refractivity contribution in [2.45, 2.75) is 38.7 Å². The minimum atomic E-state index is -0.899. The van der Waals surface area contributed by atoms with E-state index in [1.54, 1.807) is 4.90 Å². The Kier molecular flexibility index (Phi) is 3.81. The summed E-state index contributed by atoms with van der Waals surface area (Å²) in [5, 5.41) is 0. The molecule has 0 atom stereocenters. The smallest absolute Gasteiger partial charge is 0.238 e. The molecule has 0 bridgehead atoms. The summed E-state index contributed by atoms with van der Waals surface area (Å²) in [4.78, 5) is 25.7. The largest absolute Gasteiger partial charge is 0.490 e. The van der Waals surface area contributed by atoms with Gasteiger partial charge >= 0.3 is 0 Å². The van der Waals surface area contributed by atoms with E-state index < -0.39 is 11.3 Å². The van der Waals surface area contributed by atoms with Crippen LogP contribution in [0.3, 0.4) is 0 Å². The first kappa shape index (κ1) is 14.9. The van der Waals surface area contributed by atoms with Gasteiger partial charge in [0, 0.05) is 25.9 Å². The third kappa shape index (κ3) is 2.67. The molecule has 1 saturated heterocycles. The summed E-state index contributed by atoms with van der Waals surface area (Å²) in [6.07, 6.45) is 2.89. The number of carbonyl (C=O) groups is 2. The monoisotopic (exact) mass is 302 g/mol. The van der Waals surface area contributed by atoms with Crippen molar-refractivity contribution in [3.8, 4) is 5.75 Å². The summed E-state index contributed by atoms with van der Waals surface area (Å²) in [6, 6.07) is 7.95. The molecular weight excluding hydrogens is 280 g/mol. The fourth-order valence-corrected chi connectivity index (χ4v) is 3.04. The molecule has 1 aliphatic carbocycles. The number of para-hydroxylation sites is 1. The number of nitrogens with zero attached hydrogens (tertiary/aromatic N) is 1. The van der Waals surface area contributed by atoms with Crippen LogP contribution in [-0.2, 0) is 9.59 Å². The Morgan fingerprint density at radius 1 is 1.23 bits per heavy atom. The van der Waals surface area contributed by atoms with E-state index in [4.69, 9.17) is 10.5 Å². The maximum absolute atomic E-state index is 12.4. The van der Waals surface area contributed by atoms with Crippen molar-refractivity contribution in [3.63, 3.8) is 0 Å². The van der Waals surface area contributed by atoms with Crippen LogP contribution in [0.1, 0.15) is 31.2 Å². The van der Waals surface area contributed by atoms with Crippen molar-refractivity contribution >= 4 is 11.8 Å². The molecule has 1 aromatic rings. The predicted molar refractivity (Wildman–Crippen MR) is 82.3 cm³/mol. The number of nitrogens with two attached hydrogens (primary N) is 1. The number of ether oxygens (including phenoxy) is 1. The second kappa shape index (κ2) is 5.63. The number of hydrogen-bond donors (Lipinski definition) is 1. The van der Waals surface area contributed by atoms with Crippen molar-refractivity contribution in [3.05, 3.63) is 29.8 Å². The number of likely N-dealkylation sites (tertiary alicyclic amines) is 1. The Morgan fingerprint density at radius 2 is 1.86 bits per heavy atom. The molecule has 0 radical (unpaired) electrons. The highest BCUT2D eigenvalue weighted by atomic mass is 16.5. The van der Waals surface area contributed by atoms with Gasteiger partial charge in [0.15, 0.2) is 0 Å².